The number of fused-ring (bicyclic) bond motifs is 1. The Labute approximate surface area is 141 Å². The van der Waals surface area contributed by atoms with E-state index in [1.807, 2.05) is 43.3 Å². The molecule has 126 valence electrons. The molecule has 2 aromatic carbocycles. The van der Waals surface area contributed by atoms with E-state index in [2.05, 4.69) is 0 Å². The highest BCUT2D eigenvalue weighted by molar-refractivity contribution is 5.97. The van der Waals surface area contributed by atoms with Gasteiger partial charge in [-0.1, -0.05) is 24.3 Å². The molecule has 0 bridgehead atoms. The van der Waals surface area contributed by atoms with Gasteiger partial charge in [-0.05, 0) is 31.2 Å². The minimum Gasteiger partial charge on any atom is -0.496 e. The van der Waals surface area contributed by atoms with Crippen molar-refractivity contribution in [1.82, 2.24) is 4.90 Å². The number of methoxy groups -OCH3 is 1. The summed E-state index contributed by atoms with van der Waals surface area (Å²) < 4.78 is 17.0. The van der Waals surface area contributed by atoms with Gasteiger partial charge in [0.15, 0.2) is 17.6 Å². The van der Waals surface area contributed by atoms with Crippen molar-refractivity contribution in [2.24, 2.45) is 0 Å². The maximum absolute atomic E-state index is 12.8. The number of benzene rings is 2. The zero-order valence-corrected chi connectivity index (χ0v) is 13.9. The predicted octanol–water partition coefficient (Wildman–Crippen LogP) is 3.00. The number of rotatable bonds is 5. The third-order valence-electron chi connectivity index (χ3n) is 4.00. The van der Waals surface area contributed by atoms with Crippen molar-refractivity contribution in [3.63, 3.8) is 0 Å². The highest BCUT2D eigenvalue weighted by atomic mass is 16.6. The van der Waals surface area contributed by atoms with E-state index >= 15 is 0 Å². The average molecular weight is 327 g/mol. The molecular weight excluding hydrogens is 306 g/mol. The van der Waals surface area contributed by atoms with Crippen LogP contribution in [0.5, 0.6) is 17.2 Å². The van der Waals surface area contributed by atoms with Gasteiger partial charge in [0, 0.05) is 6.54 Å². The molecule has 5 nitrogen and oxygen atoms in total. The highest BCUT2D eigenvalue weighted by Gasteiger charge is 2.26. The van der Waals surface area contributed by atoms with Gasteiger partial charge in [0.1, 0.15) is 12.4 Å². The molecule has 0 saturated heterocycles. The fourth-order valence-corrected chi connectivity index (χ4v) is 2.75. The first-order valence-corrected chi connectivity index (χ1v) is 8.03. The lowest BCUT2D eigenvalue weighted by molar-refractivity contribution is 0.0473. The molecule has 1 aliphatic heterocycles. The fourth-order valence-electron chi connectivity index (χ4n) is 2.75. The van der Waals surface area contributed by atoms with E-state index in [1.165, 1.54) is 0 Å². The molecule has 1 unspecified atom stereocenters. The summed E-state index contributed by atoms with van der Waals surface area (Å²) in [6, 6.07) is 14.8. The van der Waals surface area contributed by atoms with Crippen molar-refractivity contribution in [2.75, 3.05) is 26.8 Å². The summed E-state index contributed by atoms with van der Waals surface area (Å²) in [7, 11) is 1.57. The zero-order valence-electron chi connectivity index (χ0n) is 13.9. The molecule has 24 heavy (non-hydrogen) atoms. The predicted molar refractivity (Wildman–Crippen MR) is 90.9 cm³/mol. The van der Waals surface area contributed by atoms with Crippen LogP contribution in [0.1, 0.15) is 17.3 Å². The lowest BCUT2D eigenvalue weighted by Crippen LogP contribution is -2.43. The summed E-state index contributed by atoms with van der Waals surface area (Å²) in [5.74, 6) is 1.96. The fraction of sp³-hybridized carbons (Fsp3) is 0.316. The molecule has 5 heteroatoms. The summed E-state index contributed by atoms with van der Waals surface area (Å²) in [4.78, 5) is 14.6. The topological polar surface area (TPSA) is 48.0 Å². The van der Waals surface area contributed by atoms with E-state index in [0.29, 0.717) is 31.0 Å². The van der Waals surface area contributed by atoms with E-state index in [1.54, 1.807) is 24.1 Å². The van der Waals surface area contributed by atoms with Gasteiger partial charge in [-0.2, -0.15) is 0 Å². The van der Waals surface area contributed by atoms with Gasteiger partial charge in [0.25, 0.3) is 5.91 Å². The second-order valence-corrected chi connectivity index (χ2v) is 5.54. The quantitative estimate of drug-likeness (QED) is 0.847. The lowest BCUT2D eigenvalue weighted by Gasteiger charge is -2.31. The smallest absolute Gasteiger partial charge is 0.257 e. The number of amides is 1. The number of ether oxygens (including phenoxy) is 3. The average Bonchev–Trinajstić information content (AvgIpc) is 2.65. The maximum atomic E-state index is 12.8. The lowest BCUT2D eigenvalue weighted by atomic mass is 10.1. The van der Waals surface area contributed by atoms with Crippen molar-refractivity contribution in [3.05, 3.63) is 54.1 Å². The molecule has 1 atom stereocenters. The van der Waals surface area contributed by atoms with Gasteiger partial charge in [0.2, 0.25) is 0 Å². The zero-order chi connectivity index (χ0) is 16.9. The first-order valence-electron chi connectivity index (χ1n) is 8.03. The van der Waals surface area contributed by atoms with E-state index in [4.69, 9.17) is 14.2 Å². The molecule has 0 fully saturated rings. The molecule has 0 aliphatic carbocycles. The van der Waals surface area contributed by atoms with Crippen LogP contribution in [0.4, 0.5) is 0 Å². The molecule has 0 radical (unpaired) electrons. The van der Waals surface area contributed by atoms with Crippen LogP contribution in [0.15, 0.2) is 48.5 Å². The molecule has 3 rings (SSSR count). The number of carbonyl (C=O) groups is 1. The van der Waals surface area contributed by atoms with Crippen LogP contribution in [0, 0.1) is 0 Å². The standard InChI is InChI=1S/C19H21NO4/c1-3-20(19(21)15-8-4-5-9-16(15)22-2)12-14-13-23-17-10-6-7-11-18(17)24-14/h4-11,14H,3,12-13H2,1-2H3. The second-order valence-electron chi connectivity index (χ2n) is 5.54. The summed E-state index contributed by atoms with van der Waals surface area (Å²) in [6.07, 6.45) is -0.196. The molecule has 1 amide bonds. The molecule has 1 aliphatic rings. The van der Waals surface area contributed by atoms with Crippen LogP contribution in [0.3, 0.4) is 0 Å². The molecule has 1 heterocycles. The molecule has 0 aromatic heterocycles. The molecule has 0 N–H and O–H groups in total. The van der Waals surface area contributed by atoms with E-state index in [-0.39, 0.29) is 12.0 Å². The Kier molecular flexibility index (Phi) is 4.89. The molecule has 0 spiro atoms. The number of carbonyl (C=O) groups excluding carboxylic acids is 1. The van der Waals surface area contributed by atoms with Crippen LogP contribution in [0.25, 0.3) is 0 Å². The monoisotopic (exact) mass is 327 g/mol. The van der Waals surface area contributed by atoms with Gasteiger partial charge < -0.3 is 19.1 Å². The summed E-state index contributed by atoms with van der Waals surface area (Å²) in [5, 5.41) is 0. The first kappa shape index (κ1) is 16.2. The van der Waals surface area contributed by atoms with Gasteiger partial charge in [-0.25, -0.2) is 0 Å². The van der Waals surface area contributed by atoms with E-state index < -0.39 is 0 Å². The van der Waals surface area contributed by atoms with Crippen LogP contribution < -0.4 is 14.2 Å². The molecule has 2 aromatic rings. The van der Waals surface area contributed by atoms with Crippen LogP contribution >= 0.6 is 0 Å². The number of hydrogen-bond donors (Lipinski definition) is 0. The van der Waals surface area contributed by atoms with Crippen molar-refractivity contribution >= 4 is 5.91 Å². The van der Waals surface area contributed by atoms with Crippen LogP contribution in [-0.4, -0.2) is 43.7 Å². The van der Waals surface area contributed by atoms with Gasteiger partial charge >= 0.3 is 0 Å². The van der Waals surface area contributed by atoms with Crippen molar-refractivity contribution in [2.45, 2.75) is 13.0 Å². The normalized spacial score (nSPS) is 15.7. The minimum absolute atomic E-state index is 0.0718. The summed E-state index contributed by atoms with van der Waals surface area (Å²) in [6.45, 7) is 3.41. The minimum atomic E-state index is -0.196. The summed E-state index contributed by atoms with van der Waals surface area (Å²) in [5.41, 5.74) is 0.555. The molecular formula is C19H21NO4. The van der Waals surface area contributed by atoms with Crippen molar-refractivity contribution in [3.8, 4) is 17.2 Å². The van der Waals surface area contributed by atoms with Crippen molar-refractivity contribution in [1.29, 1.82) is 0 Å². The Hall–Kier alpha value is -2.69. The van der Waals surface area contributed by atoms with E-state index in [0.717, 1.165) is 11.5 Å². The Balaban J connectivity index is 1.72. The Morgan fingerprint density at radius 2 is 1.88 bits per heavy atom. The Bertz CT molecular complexity index is 716. The number of nitrogens with zero attached hydrogens (tertiary/aromatic N) is 1. The Morgan fingerprint density at radius 3 is 2.62 bits per heavy atom. The first-order chi connectivity index (χ1) is 11.7. The Morgan fingerprint density at radius 1 is 1.17 bits per heavy atom. The summed E-state index contributed by atoms with van der Waals surface area (Å²) >= 11 is 0. The highest BCUT2D eigenvalue weighted by Crippen LogP contribution is 2.31. The number of hydrogen-bond acceptors (Lipinski definition) is 4. The number of likely N-dealkylation sites (N-methyl/N-ethyl adjacent to an activating group) is 1. The van der Waals surface area contributed by atoms with Crippen LogP contribution in [-0.2, 0) is 0 Å². The van der Waals surface area contributed by atoms with Gasteiger partial charge in [0.05, 0.1) is 19.2 Å². The maximum Gasteiger partial charge on any atom is 0.257 e. The third kappa shape index (κ3) is 3.30. The molecule has 0 saturated carbocycles. The third-order valence-corrected chi connectivity index (χ3v) is 4.00. The van der Waals surface area contributed by atoms with E-state index in [9.17, 15) is 4.79 Å². The van der Waals surface area contributed by atoms with Crippen LogP contribution in [0.2, 0.25) is 0 Å². The van der Waals surface area contributed by atoms with Crippen molar-refractivity contribution < 1.29 is 19.0 Å². The number of para-hydroxylation sites is 3. The van der Waals surface area contributed by atoms with Gasteiger partial charge in [-0.3, -0.25) is 4.79 Å². The SMILES string of the molecule is CCN(CC1COc2ccccc2O1)C(=O)c1ccccc1OC. The second kappa shape index (κ2) is 7.25. The van der Waals surface area contributed by atoms with Gasteiger partial charge in [-0.15, -0.1) is 0 Å². The largest absolute Gasteiger partial charge is 0.496 e.